The van der Waals surface area contributed by atoms with Gasteiger partial charge in [-0.2, -0.15) is 0 Å². The van der Waals surface area contributed by atoms with Gasteiger partial charge in [-0.25, -0.2) is 4.79 Å². The summed E-state index contributed by atoms with van der Waals surface area (Å²) in [6.45, 7) is 3.20. The maximum atomic E-state index is 10.4. The second-order valence-electron chi connectivity index (χ2n) is 3.14. The second-order valence-corrected chi connectivity index (χ2v) is 3.14. The molecule has 1 rings (SSSR count). The van der Waals surface area contributed by atoms with Crippen molar-refractivity contribution in [3.8, 4) is 0 Å². The standard InChI is InChI=1S/C11H13NO3/c1-8(11(13)14)12-15-9(2)10-6-4-3-5-7-10/h3-7,9H,1-2H3,(H,13,14)/b12-8-. The van der Waals surface area contributed by atoms with Crippen LogP contribution in [0.15, 0.2) is 35.5 Å². The van der Waals surface area contributed by atoms with Crippen molar-refractivity contribution in [1.29, 1.82) is 0 Å². The Bertz CT molecular complexity index is 359. The molecular formula is C11H13NO3. The Morgan fingerprint density at radius 3 is 2.53 bits per heavy atom. The lowest BCUT2D eigenvalue weighted by Crippen LogP contribution is -2.09. The number of hydrogen-bond acceptors (Lipinski definition) is 3. The Balaban J connectivity index is 2.61. The van der Waals surface area contributed by atoms with Crippen LogP contribution in [0.1, 0.15) is 25.5 Å². The van der Waals surface area contributed by atoms with Crippen LogP contribution < -0.4 is 0 Å². The third-order valence-electron chi connectivity index (χ3n) is 1.93. The first-order valence-corrected chi connectivity index (χ1v) is 4.60. The van der Waals surface area contributed by atoms with Gasteiger partial charge in [0.15, 0.2) is 5.71 Å². The lowest BCUT2D eigenvalue weighted by Gasteiger charge is -2.09. The van der Waals surface area contributed by atoms with Crippen molar-refractivity contribution < 1.29 is 14.7 Å². The molecule has 1 unspecified atom stereocenters. The summed E-state index contributed by atoms with van der Waals surface area (Å²) in [5.74, 6) is -1.07. The van der Waals surface area contributed by atoms with E-state index in [4.69, 9.17) is 9.94 Å². The first kappa shape index (κ1) is 11.2. The van der Waals surface area contributed by atoms with Crippen LogP contribution in [-0.2, 0) is 9.63 Å². The molecule has 0 aromatic heterocycles. The van der Waals surface area contributed by atoms with Gasteiger partial charge in [-0.05, 0) is 19.4 Å². The van der Waals surface area contributed by atoms with Gasteiger partial charge in [0.1, 0.15) is 6.10 Å². The number of nitrogens with zero attached hydrogens (tertiary/aromatic N) is 1. The average Bonchev–Trinajstić information content (AvgIpc) is 2.26. The fourth-order valence-electron chi connectivity index (χ4n) is 0.982. The quantitative estimate of drug-likeness (QED) is 0.608. The first-order valence-electron chi connectivity index (χ1n) is 4.60. The molecule has 80 valence electrons. The van der Waals surface area contributed by atoms with Gasteiger partial charge in [0, 0.05) is 0 Å². The molecule has 1 aromatic rings. The predicted molar refractivity (Wildman–Crippen MR) is 56.7 cm³/mol. The molecule has 0 spiro atoms. The van der Waals surface area contributed by atoms with E-state index >= 15 is 0 Å². The zero-order valence-electron chi connectivity index (χ0n) is 8.68. The fourth-order valence-corrected chi connectivity index (χ4v) is 0.982. The van der Waals surface area contributed by atoms with Crippen molar-refractivity contribution in [2.75, 3.05) is 0 Å². The van der Waals surface area contributed by atoms with E-state index in [0.29, 0.717) is 0 Å². The van der Waals surface area contributed by atoms with Gasteiger partial charge in [0.05, 0.1) is 0 Å². The van der Waals surface area contributed by atoms with E-state index in [9.17, 15) is 4.79 Å². The van der Waals surface area contributed by atoms with E-state index in [2.05, 4.69) is 5.16 Å². The average molecular weight is 207 g/mol. The SMILES string of the molecule is C/C(=N/OC(C)c1ccccc1)C(=O)O. The molecule has 0 aliphatic carbocycles. The molecule has 1 N–H and O–H groups in total. The van der Waals surface area contributed by atoms with Crippen LogP contribution in [0, 0.1) is 0 Å². The Morgan fingerprint density at radius 2 is 2.00 bits per heavy atom. The van der Waals surface area contributed by atoms with Crippen molar-refractivity contribution in [3.63, 3.8) is 0 Å². The minimum Gasteiger partial charge on any atom is -0.477 e. The summed E-state index contributed by atoms with van der Waals surface area (Å²) >= 11 is 0. The number of benzene rings is 1. The number of aliphatic carboxylic acids is 1. The molecule has 4 nitrogen and oxygen atoms in total. The lowest BCUT2D eigenvalue weighted by molar-refractivity contribution is -0.129. The molecule has 0 saturated heterocycles. The molecule has 0 aliphatic heterocycles. The van der Waals surface area contributed by atoms with Gasteiger partial charge < -0.3 is 9.94 Å². The minimum atomic E-state index is -1.07. The summed E-state index contributed by atoms with van der Waals surface area (Å²) in [7, 11) is 0. The van der Waals surface area contributed by atoms with Crippen LogP contribution >= 0.6 is 0 Å². The highest BCUT2D eigenvalue weighted by Crippen LogP contribution is 2.15. The molecule has 0 aliphatic rings. The fraction of sp³-hybridized carbons (Fsp3) is 0.273. The lowest BCUT2D eigenvalue weighted by atomic mass is 10.1. The molecule has 0 fully saturated rings. The van der Waals surface area contributed by atoms with Gasteiger partial charge >= 0.3 is 5.97 Å². The summed E-state index contributed by atoms with van der Waals surface area (Å²) in [6, 6.07) is 9.49. The van der Waals surface area contributed by atoms with E-state index in [1.165, 1.54) is 6.92 Å². The van der Waals surface area contributed by atoms with E-state index < -0.39 is 5.97 Å². The predicted octanol–water partition coefficient (Wildman–Crippen LogP) is 2.22. The highest BCUT2D eigenvalue weighted by Gasteiger charge is 2.07. The molecule has 0 heterocycles. The maximum Gasteiger partial charge on any atom is 0.353 e. The summed E-state index contributed by atoms with van der Waals surface area (Å²) in [5.41, 5.74) is 0.900. The van der Waals surface area contributed by atoms with Gasteiger partial charge in [0.2, 0.25) is 0 Å². The first-order chi connectivity index (χ1) is 7.11. The molecular weight excluding hydrogens is 194 g/mol. The highest BCUT2D eigenvalue weighted by atomic mass is 16.6. The Labute approximate surface area is 88.2 Å². The van der Waals surface area contributed by atoms with Crippen LogP contribution in [-0.4, -0.2) is 16.8 Å². The topological polar surface area (TPSA) is 58.9 Å². The van der Waals surface area contributed by atoms with Gasteiger partial charge in [-0.3, -0.25) is 0 Å². The summed E-state index contributed by atoms with van der Waals surface area (Å²) in [6.07, 6.45) is -0.250. The highest BCUT2D eigenvalue weighted by molar-refractivity contribution is 6.34. The van der Waals surface area contributed by atoms with Crippen LogP contribution in [0.25, 0.3) is 0 Å². The third kappa shape index (κ3) is 3.42. The van der Waals surface area contributed by atoms with Crippen LogP contribution in [0.4, 0.5) is 0 Å². The largest absolute Gasteiger partial charge is 0.477 e. The Kier molecular flexibility index (Phi) is 3.85. The van der Waals surface area contributed by atoms with Crippen LogP contribution in [0.2, 0.25) is 0 Å². The molecule has 0 saturated carbocycles. The van der Waals surface area contributed by atoms with Gasteiger partial charge in [-0.1, -0.05) is 35.5 Å². The number of carboxylic acid groups (broad SMARTS) is 1. The number of carboxylic acids is 1. The molecule has 1 aromatic carbocycles. The Morgan fingerprint density at radius 1 is 1.40 bits per heavy atom. The van der Waals surface area contributed by atoms with Gasteiger partial charge in [0.25, 0.3) is 0 Å². The van der Waals surface area contributed by atoms with Crippen LogP contribution in [0.3, 0.4) is 0 Å². The summed E-state index contributed by atoms with van der Waals surface area (Å²) in [4.78, 5) is 15.5. The number of oxime groups is 1. The van der Waals surface area contributed by atoms with E-state index in [1.807, 2.05) is 37.3 Å². The summed E-state index contributed by atoms with van der Waals surface area (Å²) in [5, 5.41) is 12.1. The zero-order valence-corrected chi connectivity index (χ0v) is 8.68. The van der Waals surface area contributed by atoms with Crippen molar-refractivity contribution in [2.45, 2.75) is 20.0 Å². The van der Waals surface area contributed by atoms with Crippen LogP contribution in [0.5, 0.6) is 0 Å². The molecule has 15 heavy (non-hydrogen) atoms. The normalized spacial score (nSPS) is 13.3. The molecule has 0 radical (unpaired) electrons. The number of carbonyl (C=O) groups is 1. The molecule has 1 atom stereocenters. The van der Waals surface area contributed by atoms with Gasteiger partial charge in [-0.15, -0.1) is 0 Å². The summed E-state index contributed by atoms with van der Waals surface area (Å²) < 4.78 is 0. The molecule has 0 bridgehead atoms. The minimum absolute atomic E-state index is 0.0576. The van der Waals surface area contributed by atoms with E-state index in [-0.39, 0.29) is 11.8 Å². The monoisotopic (exact) mass is 207 g/mol. The second kappa shape index (κ2) is 5.14. The van der Waals surface area contributed by atoms with Crippen molar-refractivity contribution >= 4 is 11.7 Å². The maximum absolute atomic E-state index is 10.4. The Hall–Kier alpha value is -1.84. The van der Waals surface area contributed by atoms with Crippen molar-refractivity contribution in [1.82, 2.24) is 0 Å². The smallest absolute Gasteiger partial charge is 0.353 e. The zero-order chi connectivity index (χ0) is 11.3. The van der Waals surface area contributed by atoms with Crippen molar-refractivity contribution in [3.05, 3.63) is 35.9 Å². The molecule has 4 heteroatoms. The molecule has 0 amide bonds. The third-order valence-corrected chi connectivity index (χ3v) is 1.93. The number of hydrogen-bond donors (Lipinski definition) is 1. The number of rotatable bonds is 4. The van der Waals surface area contributed by atoms with Crippen molar-refractivity contribution in [2.24, 2.45) is 5.16 Å². The van der Waals surface area contributed by atoms with E-state index in [0.717, 1.165) is 5.56 Å². The van der Waals surface area contributed by atoms with E-state index in [1.54, 1.807) is 0 Å².